The van der Waals surface area contributed by atoms with E-state index in [1.54, 1.807) is 19.2 Å². The van der Waals surface area contributed by atoms with Gasteiger partial charge in [0.15, 0.2) is 17.3 Å². The van der Waals surface area contributed by atoms with Gasteiger partial charge in [0, 0.05) is 29.9 Å². The predicted octanol–water partition coefficient (Wildman–Crippen LogP) is 3.61. The van der Waals surface area contributed by atoms with Crippen molar-refractivity contribution in [1.29, 1.82) is 0 Å². The summed E-state index contributed by atoms with van der Waals surface area (Å²) in [6, 6.07) is 14.3. The van der Waals surface area contributed by atoms with E-state index in [0.29, 0.717) is 47.7 Å². The maximum absolute atomic E-state index is 13.4. The summed E-state index contributed by atoms with van der Waals surface area (Å²) in [6.07, 6.45) is 1.70. The van der Waals surface area contributed by atoms with Gasteiger partial charge in [0.1, 0.15) is 5.56 Å². The average Bonchev–Trinajstić information content (AvgIpc) is 2.83. The minimum atomic E-state index is -0.531. The molecule has 33 heavy (non-hydrogen) atoms. The van der Waals surface area contributed by atoms with Crippen molar-refractivity contribution >= 4 is 11.7 Å². The normalized spacial score (nSPS) is 12.8. The van der Waals surface area contributed by atoms with E-state index in [9.17, 15) is 14.4 Å². The number of carbonyl (C=O) groups excluding carboxylic acids is 2. The zero-order chi connectivity index (χ0) is 23.5. The van der Waals surface area contributed by atoms with Gasteiger partial charge in [0.05, 0.1) is 14.2 Å². The van der Waals surface area contributed by atoms with Crippen molar-refractivity contribution in [2.24, 2.45) is 0 Å². The molecule has 1 aliphatic rings. The molecule has 0 radical (unpaired) electrons. The van der Waals surface area contributed by atoms with Crippen LogP contribution in [0, 0.1) is 6.92 Å². The van der Waals surface area contributed by atoms with Gasteiger partial charge in [-0.3, -0.25) is 19.0 Å². The van der Waals surface area contributed by atoms with Crippen molar-refractivity contribution in [3.8, 4) is 17.2 Å². The molecule has 3 aromatic rings. The molecule has 7 nitrogen and oxygen atoms in total. The van der Waals surface area contributed by atoms with Crippen LogP contribution in [0.5, 0.6) is 11.5 Å². The third-order valence-corrected chi connectivity index (χ3v) is 5.86. The lowest BCUT2D eigenvalue weighted by Gasteiger charge is -2.21. The quantitative estimate of drug-likeness (QED) is 0.625. The molecule has 0 saturated heterocycles. The predicted molar refractivity (Wildman–Crippen MR) is 125 cm³/mol. The lowest BCUT2D eigenvalue weighted by atomic mass is 9.92. The number of rotatable bonds is 6. The zero-order valence-electron chi connectivity index (χ0n) is 18.9. The number of fused-ring (bicyclic) bond motifs is 1. The molecule has 0 bridgehead atoms. The number of carbonyl (C=O) groups is 2. The number of hydrogen-bond acceptors (Lipinski definition) is 5. The first-order valence-electron chi connectivity index (χ1n) is 10.8. The van der Waals surface area contributed by atoms with Crippen LogP contribution in [-0.4, -0.2) is 30.5 Å². The number of ketones is 1. The minimum Gasteiger partial charge on any atom is -0.493 e. The molecular formula is C26H26N2O5. The third kappa shape index (κ3) is 4.39. The highest BCUT2D eigenvalue weighted by molar-refractivity contribution is 6.02. The van der Waals surface area contributed by atoms with Crippen molar-refractivity contribution in [3.05, 3.63) is 86.8 Å². The molecule has 1 aliphatic carbocycles. The zero-order valence-corrected chi connectivity index (χ0v) is 18.9. The fraction of sp³-hybridized carbons (Fsp3) is 0.269. The van der Waals surface area contributed by atoms with Gasteiger partial charge < -0.3 is 14.8 Å². The Morgan fingerprint density at radius 1 is 0.970 bits per heavy atom. The smallest absolute Gasteiger partial charge is 0.268 e. The van der Waals surface area contributed by atoms with E-state index in [4.69, 9.17) is 9.47 Å². The number of Topliss-reactive ketones (excluding diaryl/α,β-unsaturated/α-hetero) is 1. The Morgan fingerprint density at radius 3 is 2.39 bits per heavy atom. The van der Waals surface area contributed by atoms with Crippen molar-refractivity contribution in [2.75, 3.05) is 14.2 Å². The Kier molecular flexibility index (Phi) is 6.31. The molecule has 1 heterocycles. The monoisotopic (exact) mass is 446 g/mol. The van der Waals surface area contributed by atoms with E-state index in [2.05, 4.69) is 5.32 Å². The van der Waals surface area contributed by atoms with Crippen LogP contribution in [0.4, 0.5) is 0 Å². The molecule has 0 unspecified atom stereocenters. The number of nitrogens with one attached hydrogen (secondary N) is 1. The van der Waals surface area contributed by atoms with Crippen LogP contribution in [0.25, 0.3) is 5.69 Å². The number of aromatic nitrogens is 1. The molecule has 0 atom stereocenters. The number of ether oxygens (including phenoxy) is 2. The topological polar surface area (TPSA) is 86.6 Å². The van der Waals surface area contributed by atoms with E-state index in [1.165, 1.54) is 17.7 Å². The molecular weight excluding hydrogens is 420 g/mol. The van der Waals surface area contributed by atoms with Crippen LogP contribution in [-0.2, 0) is 13.0 Å². The highest BCUT2D eigenvalue weighted by Crippen LogP contribution is 2.27. The fourth-order valence-electron chi connectivity index (χ4n) is 4.09. The number of methoxy groups -OCH3 is 2. The molecule has 7 heteroatoms. The molecule has 0 spiro atoms. The lowest BCUT2D eigenvalue weighted by molar-refractivity contribution is 0.0949. The van der Waals surface area contributed by atoms with E-state index in [0.717, 1.165) is 11.1 Å². The van der Waals surface area contributed by atoms with E-state index in [-0.39, 0.29) is 17.9 Å². The van der Waals surface area contributed by atoms with Gasteiger partial charge in [0.2, 0.25) is 0 Å². The van der Waals surface area contributed by atoms with E-state index in [1.807, 2.05) is 37.3 Å². The van der Waals surface area contributed by atoms with Crippen molar-refractivity contribution in [3.63, 3.8) is 0 Å². The standard InChI is InChI=1S/C26H26N2O5/c1-16-7-10-18(11-8-16)28-21-5-4-6-22(29)19(21)14-20(26(28)31)25(30)27-15-17-9-12-23(32-2)24(13-17)33-3/h7-14H,4-6,15H2,1-3H3,(H,27,30). The molecule has 1 amide bonds. The SMILES string of the molecule is COc1ccc(CNC(=O)c2cc3c(n(-c4ccc(C)cc4)c2=O)CCCC3=O)cc1OC. The number of nitrogens with zero attached hydrogens (tertiary/aromatic N) is 1. The van der Waals surface area contributed by atoms with Crippen LogP contribution in [0.1, 0.15) is 50.4 Å². The summed E-state index contributed by atoms with van der Waals surface area (Å²) in [5.74, 6) is 0.551. The first-order chi connectivity index (χ1) is 15.9. The van der Waals surface area contributed by atoms with Gasteiger partial charge in [-0.1, -0.05) is 23.8 Å². The average molecular weight is 447 g/mol. The van der Waals surface area contributed by atoms with Crippen molar-refractivity contribution < 1.29 is 19.1 Å². The number of amides is 1. The molecule has 0 fully saturated rings. The number of aryl methyl sites for hydroxylation is 1. The summed E-state index contributed by atoms with van der Waals surface area (Å²) in [6.45, 7) is 2.15. The van der Waals surface area contributed by atoms with Crippen LogP contribution in [0.2, 0.25) is 0 Å². The van der Waals surface area contributed by atoms with Crippen LogP contribution in [0.15, 0.2) is 53.3 Å². The van der Waals surface area contributed by atoms with Gasteiger partial charge in [-0.15, -0.1) is 0 Å². The maximum Gasteiger partial charge on any atom is 0.268 e. The van der Waals surface area contributed by atoms with E-state index >= 15 is 0 Å². The van der Waals surface area contributed by atoms with Gasteiger partial charge in [0.25, 0.3) is 11.5 Å². The first kappa shape index (κ1) is 22.3. The highest BCUT2D eigenvalue weighted by atomic mass is 16.5. The highest BCUT2D eigenvalue weighted by Gasteiger charge is 2.26. The second kappa shape index (κ2) is 9.32. The molecule has 0 saturated carbocycles. The molecule has 0 aliphatic heterocycles. The minimum absolute atomic E-state index is 0.0500. The maximum atomic E-state index is 13.4. The number of benzene rings is 2. The summed E-state index contributed by atoms with van der Waals surface area (Å²) < 4.78 is 12.1. The van der Waals surface area contributed by atoms with Gasteiger partial charge in [-0.25, -0.2) is 0 Å². The Balaban J connectivity index is 1.70. The summed E-state index contributed by atoms with van der Waals surface area (Å²) in [4.78, 5) is 39.1. The molecule has 1 N–H and O–H groups in total. The summed E-state index contributed by atoms with van der Waals surface area (Å²) in [5, 5.41) is 2.79. The molecule has 2 aromatic carbocycles. The molecule has 1 aromatic heterocycles. The fourth-order valence-corrected chi connectivity index (χ4v) is 4.09. The second-order valence-electron chi connectivity index (χ2n) is 8.04. The van der Waals surface area contributed by atoms with Gasteiger partial charge in [-0.2, -0.15) is 0 Å². The Bertz CT molecular complexity index is 1280. The summed E-state index contributed by atoms with van der Waals surface area (Å²) in [5.41, 5.74) is 3.11. The largest absolute Gasteiger partial charge is 0.493 e. The first-order valence-corrected chi connectivity index (χ1v) is 10.8. The van der Waals surface area contributed by atoms with Crippen molar-refractivity contribution in [1.82, 2.24) is 9.88 Å². The second-order valence-corrected chi connectivity index (χ2v) is 8.04. The summed E-state index contributed by atoms with van der Waals surface area (Å²) >= 11 is 0. The Morgan fingerprint density at radius 2 is 1.70 bits per heavy atom. The Labute approximate surface area is 192 Å². The summed E-state index contributed by atoms with van der Waals surface area (Å²) in [7, 11) is 3.09. The number of pyridine rings is 1. The van der Waals surface area contributed by atoms with Gasteiger partial charge in [-0.05, 0) is 55.7 Å². The van der Waals surface area contributed by atoms with Gasteiger partial charge >= 0.3 is 0 Å². The Hall–Kier alpha value is -3.87. The molecule has 4 rings (SSSR count). The van der Waals surface area contributed by atoms with Crippen LogP contribution >= 0.6 is 0 Å². The van der Waals surface area contributed by atoms with Crippen LogP contribution in [0.3, 0.4) is 0 Å². The third-order valence-electron chi connectivity index (χ3n) is 5.86. The van der Waals surface area contributed by atoms with Crippen molar-refractivity contribution in [2.45, 2.75) is 32.7 Å². The molecule has 170 valence electrons. The van der Waals surface area contributed by atoms with Crippen LogP contribution < -0.4 is 20.3 Å². The number of hydrogen-bond donors (Lipinski definition) is 1. The van der Waals surface area contributed by atoms with E-state index < -0.39 is 11.5 Å². The lowest BCUT2D eigenvalue weighted by Crippen LogP contribution is -2.35.